The molecule has 1 saturated carbocycles. The fourth-order valence-corrected chi connectivity index (χ4v) is 1.89. The number of hydrogen-bond donors (Lipinski definition) is 1. The van der Waals surface area contributed by atoms with E-state index >= 15 is 0 Å². The first-order chi connectivity index (χ1) is 7.15. The molecular weight excluding hydrogens is 281 g/mol. The minimum atomic E-state index is 0. The number of aromatic nitrogens is 1. The smallest absolute Gasteiger partial charge is 0.129 e. The molecule has 1 heterocycles. The molecule has 17 heavy (non-hydrogen) atoms. The Morgan fingerprint density at radius 2 is 2.06 bits per heavy atom. The third-order valence-corrected chi connectivity index (χ3v) is 3.30. The van der Waals surface area contributed by atoms with Crippen LogP contribution in [0.5, 0.6) is 0 Å². The van der Waals surface area contributed by atoms with Crippen LogP contribution in [-0.2, 0) is 0 Å². The summed E-state index contributed by atoms with van der Waals surface area (Å²) in [6.45, 7) is 1.02. The van der Waals surface area contributed by atoms with Crippen LogP contribution in [0.1, 0.15) is 12.8 Å². The summed E-state index contributed by atoms with van der Waals surface area (Å²) in [4.78, 5) is 6.29. The molecule has 1 aliphatic carbocycles. The lowest BCUT2D eigenvalue weighted by Crippen LogP contribution is -2.39. The molecule has 0 saturated heterocycles. The number of rotatable bonds is 4. The highest BCUT2D eigenvalue weighted by atomic mass is 35.5. The molecule has 6 heteroatoms. The number of pyridine rings is 1. The second-order valence-electron chi connectivity index (χ2n) is 4.23. The highest BCUT2D eigenvalue weighted by Gasteiger charge is 2.41. The number of nitrogens with zero attached hydrogens (tertiary/aromatic N) is 2. The third kappa shape index (κ3) is 4.18. The average molecular weight is 299 g/mol. The van der Waals surface area contributed by atoms with Gasteiger partial charge >= 0.3 is 0 Å². The number of halogens is 3. The lowest BCUT2D eigenvalue weighted by Gasteiger charge is -2.25. The summed E-state index contributed by atoms with van der Waals surface area (Å²) < 4.78 is 0. The molecule has 0 spiro atoms. The van der Waals surface area contributed by atoms with Gasteiger partial charge in [0.05, 0.1) is 11.9 Å². The van der Waals surface area contributed by atoms with E-state index in [-0.39, 0.29) is 24.8 Å². The number of anilines is 1. The first-order valence-electron chi connectivity index (χ1n) is 5.17. The van der Waals surface area contributed by atoms with E-state index in [2.05, 4.69) is 22.2 Å². The van der Waals surface area contributed by atoms with E-state index in [0.717, 1.165) is 12.2 Å². The van der Waals surface area contributed by atoms with Crippen LogP contribution in [0.4, 0.5) is 5.69 Å². The fourth-order valence-electron chi connectivity index (χ4n) is 1.78. The summed E-state index contributed by atoms with van der Waals surface area (Å²) in [7, 11) is 4.11. The molecule has 1 aliphatic rings. The van der Waals surface area contributed by atoms with E-state index in [1.807, 2.05) is 25.4 Å². The Morgan fingerprint density at radius 3 is 2.47 bits per heavy atom. The van der Waals surface area contributed by atoms with Gasteiger partial charge in [-0.05, 0) is 32.0 Å². The van der Waals surface area contributed by atoms with Crippen LogP contribution >= 0.6 is 36.4 Å². The van der Waals surface area contributed by atoms with Crippen LogP contribution in [-0.4, -0.2) is 31.2 Å². The third-order valence-electron chi connectivity index (χ3n) is 3.08. The van der Waals surface area contributed by atoms with Crippen molar-refractivity contribution in [2.75, 3.05) is 25.5 Å². The second kappa shape index (κ2) is 6.64. The molecule has 1 aromatic rings. The first kappa shape index (κ1) is 16.8. The molecule has 1 N–H and O–H groups in total. The first-order valence-corrected chi connectivity index (χ1v) is 5.55. The molecule has 0 unspecified atom stereocenters. The Kier molecular flexibility index (Phi) is 6.56. The van der Waals surface area contributed by atoms with Crippen molar-refractivity contribution in [3.05, 3.63) is 23.5 Å². The second-order valence-corrected chi connectivity index (χ2v) is 4.61. The summed E-state index contributed by atoms with van der Waals surface area (Å²) >= 11 is 5.75. The van der Waals surface area contributed by atoms with Gasteiger partial charge < -0.3 is 10.2 Å². The lowest BCUT2D eigenvalue weighted by atomic mass is 10.2. The van der Waals surface area contributed by atoms with E-state index in [1.165, 1.54) is 12.8 Å². The highest BCUT2D eigenvalue weighted by Crippen LogP contribution is 2.36. The minimum absolute atomic E-state index is 0. The van der Waals surface area contributed by atoms with Gasteiger partial charge in [-0.1, -0.05) is 11.6 Å². The molecule has 1 fully saturated rings. The Morgan fingerprint density at radius 1 is 1.41 bits per heavy atom. The topological polar surface area (TPSA) is 28.2 Å². The molecule has 0 radical (unpaired) electrons. The molecule has 98 valence electrons. The summed E-state index contributed by atoms with van der Waals surface area (Å²) in [5.41, 5.74) is 1.44. The average Bonchev–Trinajstić information content (AvgIpc) is 2.99. The van der Waals surface area contributed by atoms with Gasteiger partial charge in [-0.2, -0.15) is 0 Å². The van der Waals surface area contributed by atoms with Crippen LogP contribution in [0.25, 0.3) is 0 Å². The number of hydrogen-bond acceptors (Lipinski definition) is 3. The normalized spacial score (nSPS) is 15.5. The van der Waals surface area contributed by atoms with Gasteiger partial charge in [0.25, 0.3) is 0 Å². The Bertz CT molecular complexity index is 338. The van der Waals surface area contributed by atoms with Crippen LogP contribution in [0.2, 0.25) is 5.15 Å². The highest BCUT2D eigenvalue weighted by molar-refractivity contribution is 6.29. The van der Waals surface area contributed by atoms with Gasteiger partial charge in [0.1, 0.15) is 5.15 Å². The molecule has 0 aromatic carbocycles. The van der Waals surface area contributed by atoms with Gasteiger partial charge in [-0.15, -0.1) is 24.8 Å². The molecule has 1 aromatic heterocycles. The van der Waals surface area contributed by atoms with Gasteiger partial charge in [0.15, 0.2) is 0 Å². The van der Waals surface area contributed by atoms with Crippen LogP contribution in [0, 0.1) is 0 Å². The molecule has 2 rings (SSSR count). The zero-order valence-corrected chi connectivity index (χ0v) is 12.3. The van der Waals surface area contributed by atoms with Crippen LogP contribution < -0.4 is 10.2 Å². The van der Waals surface area contributed by atoms with E-state index in [9.17, 15) is 0 Å². The van der Waals surface area contributed by atoms with Crippen molar-refractivity contribution in [2.24, 2.45) is 0 Å². The Labute approximate surface area is 120 Å². The van der Waals surface area contributed by atoms with E-state index < -0.39 is 0 Å². The van der Waals surface area contributed by atoms with Gasteiger partial charge in [0.2, 0.25) is 0 Å². The van der Waals surface area contributed by atoms with Crippen molar-refractivity contribution in [1.29, 1.82) is 0 Å². The van der Waals surface area contributed by atoms with E-state index in [0.29, 0.717) is 10.7 Å². The molecular formula is C11H18Cl3N3. The van der Waals surface area contributed by atoms with Crippen LogP contribution in [0.3, 0.4) is 0 Å². The van der Waals surface area contributed by atoms with Crippen molar-refractivity contribution in [2.45, 2.75) is 18.4 Å². The molecule has 0 aliphatic heterocycles. The van der Waals surface area contributed by atoms with Gasteiger partial charge in [-0.3, -0.25) is 0 Å². The maximum absolute atomic E-state index is 5.75. The SMILES string of the molecule is CNC1(CN(C)c2ccc(Cl)nc2)CC1.Cl.Cl. The van der Waals surface area contributed by atoms with E-state index in [1.54, 1.807) is 0 Å². The van der Waals surface area contributed by atoms with Gasteiger partial charge in [0, 0.05) is 19.1 Å². The molecule has 0 atom stereocenters. The van der Waals surface area contributed by atoms with Crippen LogP contribution in [0.15, 0.2) is 18.3 Å². The maximum Gasteiger partial charge on any atom is 0.129 e. The zero-order chi connectivity index (χ0) is 10.9. The van der Waals surface area contributed by atoms with Gasteiger partial charge in [-0.25, -0.2) is 4.98 Å². The molecule has 3 nitrogen and oxygen atoms in total. The number of nitrogens with one attached hydrogen (secondary N) is 1. The maximum atomic E-state index is 5.75. The quantitative estimate of drug-likeness (QED) is 0.867. The van der Waals surface area contributed by atoms with E-state index in [4.69, 9.17) is 11.6 Å². The Balaban J connectivity index is 0.00000128. The van der Waals surface area contributed by atoms with Crippen molar-refractivity contribution in [1.82, 2.24) is 10.3 Å². The minimum Gasteiger partial charge on any atom is -0.372 e. The summed E-state index contributed by atoms with van der Waals surface area (Å²) in [6.07, 6.45) is 4.33. The van der Waals surface area contributed by atoms with Crippen molar-refractivity contribution < 1.29 is 0 Å². The van der Waals surface area contributed by atoms with Crippen molar-refractivity contribution in [3.63, 3.8) is 0 Å². The monoisotopic (exact) mass is 297 g/mol. The van der Waals surface area contributed by atoms with Crippen molar-refractivity contribution >= 4 is 42.1 Å². The standard InChI is InChI=1S/C11H16ClN3.2ClH/c1-13-11(5-6-11)8-15(2)9-3-4-10(12)14-7-9;;/h3-4,7,13H,5-6,8H2,1-2H3;2*1H. The Hall–Kier alpha value is -0.220. The predicted octanol–water partition coefficient (Wildman–Crippen LogP) is 2.77. The summed E-state index contributed by atoms with van der Waals surface area (Å²) in [6, 6.07) is 3.83. The summed E-state index contributed by atoms with van der Waals surface area (Å²) in [5.74, 6) is 0. The predicted molar refractivity (Wildman–Crippen MR) is 78.0 cm³/mol. The largest absolute Gasteiger partial charge is 0.372 e. The molecule has 0 amide bonds. The molecule has 0 bridgehead atoms. The summed E-state index contributed by atoms with van der Waals surface area (Å²) in [5, 5.41) is 3.92. The lowest BCUT2D eigenvalue weighted by molar-refractivity contribution is 0.549. The zero-order valence-electron chi connectivity index (χ0n) is 9.94. The number of likely N-dealkylation sites (N-methyl/N-ethyl adjacent to an activating group) is 2. The van der Waals surface area contributed by atoms with Crippen molar-refractivity contribution in [3.8, 4) is 0 Å². The fraction of sp³-hybridized carbons (Fsp3) is 0.545.